The van der Waals surface area contributed by atoms with Crippen LogP contribution in [0.15, 0.2) is 53.4 Å². The number of hydrogen-bond acceptors (Lipinski definition) is 6. The maximum atomic E-state index is 12.9. The molecule has 158 valence electrons. The molecule has 1 fully saturated rings. The van der Waals surface area contributed by atoms with Crippen molar-refractivity contribution in [3.8, 4) is 0 Å². The molecule has 4 rings (SSSR count). The van der Waals surface area contributed by atoms with Gasteiger partial charge in [0, 0.05) is 16.7 Å². The van der Waals surface area contributed by atoms with Crippen LogP contribution in [0.25, 0.3) is 0 Å². The summed E-state index contributed by atoms with van der Waals surface area (Å²) in [5.74, 6) is 1.72. The predicted molar refractivity (Wildman–Crippen MR) is 128 cm³/mol. The van der Waals surface area contributed by atoms with E-state index in [1.165, 1.54) is 23.5 Å². The summed E-state index contributed by atoms with van der Waals surface area (Å²) in [6, 6.07) is 15.5. The molecule has 1 unspecified atom stereocenters. The van der Waals surface area contributed by atoms with Crippen LogP contribution in [0.2, 0.25) is 0 Å². The van der Waals surface area contributed by atoms with Gasteiger partial charge in [-0.15, -0.1) is 35.3 Å². The van der Waals surface area contributed by atoms with Gasteiger partial charge >= 0.3 is 5.97 Å². The summed E-state index contributed by atoms with van der Waals surface area (Å²) in [4.78, 5) is 28.2. The van der Waals surface area contributed by atoms with E-state index in [1.807, 2.05) is 59.9 Å². The summed E-state index contributed by atoms with van der Waals surface area (Å²) in [6.45, 7) is 2.55. The molecule has 0 aliphatic carbocycles. The zero-order chi connectivity index (χ0) is 20.9. The molecule has 1 saturated heterocycles. The highest BCUT2D eigenvalue weighted by Crippen LogP contribution is 2.43. The lowest BCUT2D eigenvalue weighted by Gasteiger charge is -2.22. The first-order chi connectivity index (χ1) is 14.6. The lowest BCUT2D eigenvalue weighted by molar-refractivity contribution is -0.121. The molecule has 0 saturated carbocycles. The van der Waals surface area contributed by atoms with Crippen molar-refractivity contribution < 1.29 is 14.3 Å². The first-order valence-corrected chi connectivity index (χ1v) is 13.2. The molecule has 2 aliphatic rings. The highest BCUT2D eigenvalue weighted by molar-refractivity contribution is 8.16. The molecule has 0 aromatic heterocycles. The number of benzene rings is 2. The number of fused-ring (bicyclic) bond motifs is 1. The zero-order valence-electron chi connectivity index (χ0n) is 16.9. The Morgan fingerprint density at radius 1 is 1.07 bits per heavy atom. The lowest BCUT2D eigenvalue weighted by Crippen LogP contribution is -2.35. The Labute approximate surface area is 190 Å². The van der Waals surface area contributed by atoms with E-state index in [2.05, 4.69) is 6.92 Å². The highest BCUT2D eigenvalue weighted by Gasteiger charge is 2.25. The molecule has 0 radical (unpaired) electrons. The highest BCUT2D eigenvalue weighted by atomic mass is 32.2. The molecule has 0 spiro atoms. The minimum Gasteiger partial charge on any atom is -0.452 e. The van der Waals surface area contributed by atoms with Gasteiger partial charge < -0.3 is 9.64 Å². The number of ether oxygens (including phenoxy) is 1. The monoisotopic (exact) mass is 459 g/mol. The third-order valence-electron chi connectivity index (χ3n) is 5.12. The summed E-state index contributed by atoms with van der Waals surface area (Å²) in [5.41, 5.74) is 2.61. The van der Waals surface area contributed by atoms with Gasteiger partial charge in [0.25, 0.3) is 5.91 Å². The second-order valence-electron chi connectivity index (χ2n) is 7.36. The molecule has 2 aromatic carbocycles. The Balaban J connectivity index is 1.37. The molecule has 2 heterocycles. The fourth-order valence-corrected chi connectivity index (χ4v) is 7.50. The van der Waals surface area contributed by atoms with E-state index in [0.29, 0.717) is 21.9 Å². The number of thioether (sulfide) groups is 3. The number of carbonyl (C=O) groups is 2. The van der Waals surface area contributed by atoms with Gasteiger partial charge in [-0.05, 0) is 54.2 Å². The van der Waals surface area contributed by atoms with Crippen LogP contribution < -0.4 is 4.90 Å². The molecule has 1 amide bonds. The third-order valence-corrected chi connectivity index (χ3v) is 9.37. The van der Waals surface area contributed by atoms with Crippen molar-refractivity contribution in [3.63, 3.8) is 0 Å². The molecule has 2 aromatic rings. The Morgan fingerprint density at radius 3 is 2.57 bits per heavy atom. The average Bonchev–Trinajstić information content (AvgIpc) is 2.96. The van der Waals surface area contributed by atoms with E-state index in [-0.39, 0.29) is 12.5 Å². The van der Waals surface area contributed by atoms with Gasteiger partial charge in [0.1, 0.15) is 0 Å². The largest absolute Gasteiger partial charge is 0.452 e. The van der Waals surface area contributed by atoms with Crippen LogP contribution in [-0.4, -0.2) is 41.8 Å². The molecule has 2 aliphatic heterocycles. The van der Waals surface area contributed by atoms with Gasteiger partial charge in [0.15, 0.2) is 6.61 Å². The van der Waals surface area contributed by atoms with E-state index in [1.54, 1.807) is 28.8 Å². The number of carbonyl (C=O) groups excluding carboxylic acids is 2. The molecular weight excluding hydrogens is 434 g/mol. The number of amides is 1. The van der Waals surface area contributed by atoms with Gasteiger partial charge in [0.05, 0.1) is 15.8 Å². The van der Waals surface area contributed by atoms with E-state index in [4.69, 9.17) is 4.74 Å². The van der Waals surface area contributed by atoms with Crippen LogP contribution >= 0.6 is 35.3 Å². The van der Waals surface area contributed by atoms with Crippen molar-refractivity contribution in [1.82, 2.24) is 0 Å². The van der Waals surface area contributed by atoms with E-state index in [9.17, 15) is 9.59 Å². The van der Waals surface area contributed by atoms with Crippen molar-refractivity contribution in [2.24, 2.45) is 0 Å². The summed E-state index contributed by atoms with van der Waals surface area (Å²) >= 11 is 5.69. The number of hydrogen-bond donors (Lipinski definition) is 0. The van der Waals surface area contributed by atoms with Crippen LogP contribution in [-0.2, 0) is 9.53 Å². The predicted octanol–water partition coefficient (Wildman–Crippen LogP) is 5.63. The Bertz CT molecular complexity index is 897. The summed E-state index contributed by atoms with van der Waals surface area (Å²) in [7, 11) is 0. The lowest BCUT2D eigenvalue weighted by atomic mass is 10.1. The fraction of sp³-hybridized carbons (Fsp3) is 0.391. The van der Waals surface area contributed by atoms with Crippen molar-refractivity contribution in [2.45, 2.75) is 34.5 Å². The molecular formula is C23H25NO3S3. The summed E-state index contributed by atoms with van der Waals surface area (Å²) < 4.78 is 5.80. The first-order valence-electron chi connectivity index (χ1n) is 10.2. The summed E-state index contributed by atoms with van der Waals surface area (Å²) in [6.07, 6.45) is 2.15. The maximum absolute atomic E-state index is 12.9. The normalized spacial score (nSPS) is 19.6. The van der Waals surface area contributed by atoms with Crippen molar-refractivity contribution in [3.05, 3.63) is 59.7 Å². The second-order valence-corrected chi connectivity index (χ2v) is 11.6. The molecule has 7 heteroatoms. The molecule has 0 N–H and O–H groups in total. The Morgan fingerprint density at radius 2 is 1.80 bits per heavy atom. The van der Waals surface area contributed by atoms with E-state index < -0.39 is 5.97 Å². The molecule has 0 bridgehead atoms. The number of rotatable bonds is 4. The number of esters is 1. The van der Waals surface area contributed by atoms with Gasteiger partial charge in [-0.25, -0.2) is 4.79 Å². The van der Waals surface area contributed by atoms with E-state index >= 15 is 0 Å². The first kappa shape index (κ1) is 21.7. The van der Waals surface area contributed by atoms with Gasteiger partial charge in [0.2, 0.25) is 0 Å². The van der Waals surface area contributed by atoms with Gasteiger partial charge in [-0.2, -0.15) is 0 Å². The van der Waals surface area contributed by atoms with Crippen LogP contribution in [0.5, 0.6) is 0 Å². The zero-order valence-corrected chi connectivity index (χ0v) is 19.4. The van der Waals surface area contributed by atoms with Crippen LogP contribution in [0.4, 0.5) is 5.69 Å². The number of para-hydroxylation sites is 1. The molecule has 1 atom stereocenters. The van der Waals surface area contributed by atoms with E-state index in [0.717, 1.165) is 17.0 Å². The van der Waals surface area contributed by atoms with Crippen molar-refractivity contribution in [1.29, 1.82) is 0 Å². The SMILES string of the molecule is CC1CCN(C(=O)COC(=O)c2ccc(C3SCCCS3)cc2)c2ccccc2S1. The summed E-state index contributed by atoms with van der Waals surface area (Å²) in [5, 5.41) is 0.436. The smallest absolute Gasteiger partial charge is 0.338 e. The van der Waals surface area contributed by atoms with Gasteiger partial charge in [-0.3, -0.25) is 4.79 Å². The Hall–Kier alpha value is -1.57. The average molecular weight is 460 g/mol. The van der Waals surface area contributed by atoms with Crippen LogP contribution in [0.1, 0.15) is 40.3 Å². The second kappa shape index (κ2) is 10.2. The van der Waals surface area contributed by atoms with Crippen LogP contribution in [0, 0.1) is 0 Å². The van der Waals surface area contributed by atoms with Crippen molar-refractivity contribution in [2.75, 3.05) is 29.6 Å². The standard InChI is InChI=1S/C23H25NO3S3/c1-16-11-12-24(19-5-2-3-6-20(19)30-16)21(25)15-27-22(26)17-7-9-18(10-8-17)23-28-13-4-14-29-23/h2-3,5-10,16,23H,4,11-15H2,1H3. The van der Waals surface area contributed by atoms with Crippen LogP contribution in [0.3, 0.4) is 0 Å². The third kappa shape index (κ3) is 5.18. The topological polar surface area (TPSA) is 46.6 Å². The number of anilines is 1. The van der Waals surface area contributed by atoms with Crippen molar-refractivity contribution >= 4 is 52.8 Å². The minimum absolute atomic E-state index is 0.183. The minimum atomic E-state index is -0.454. The quantitative estimate of drug-likeness (QED) is 0.552. The van der Waals surface area contributed by atoms with Gasteiger partial charge in [-0.1, -0.05) is 31.2 Å². The fourth-order valence-electron chi connectivity index (χ4n) is 3.49. The molecule has 30 heavy (non-hydrogen) atoms. The molecule has 4 nitrogen and oxygen atoms in total. The Kier molecular flexibility index (Phi) is 7.33. The maximum Gasteiger partial charge on any atom is 0.338 e. The number of nitrogens with zero attached hydrogens (tertiary/aromatic N) is 1.